The maximum Gasteiger partial charge on any atom is 0.407 e. The number of nitrogens with zero attached hydrogens (tertiary/aromatic N) is 1. The number of carbonyl (C=O) groups excluding carboxylic acids is 1. The van der Waals surface area contributed by atoms with E-state index in [4.69, 9.17) is 19.9 Å². The van der Waals surface area contributed by atoms with Gasteiger partial charge in [0.15, 0.2) is 6.29 Å². The van der Waals surface area contributed by atoms with Gasteiger partial charge >= 0.3 is 6.09 Å². The molecular weight excluding hydrogens is 522 g/mol. The van der Waals surface area contributed by atoms with Crippen LogP contribution >= 0.6 is 0 Å². The van der Waals surface area contributed by atoms with Crippen LogP contribution in [0.25, 0.3) is 0 Å². The predicted octanol–water partition coefficient (Wildman–Crippen LogP) is 2.77. The molecule has 39 heavy (non-hydrogen) atoms. The van der Waals surface area contributed by atoms with Crippen molar-refractivity contribution in [1.82, 2.24) is 9.62 Å². The molecule has 4 rings (SSSR count). The number of aliphatic hydroxyl groups is 1. The van der Waals surface area contributed by atoms with Crippen LogP contribution in [-0.2, 0) is 30.7 Å². The minimum Gasteiger partial charge on any atom is -0.443 e. The van der Waals surface area contributed by atoms with Gasteiger partial charge in [-0.05, 0) is 55.0 Å². The molecule has 2 aliphatic rings. The Morgan fingerprint density at radius 1 is 1.13 bits per heavy atom. The van der Waals surface area contributed by atoms with E-state index in [2.05, 4.69) is 5.32 Å². The number of rotatable bonds is 11. The lowest BCUT2D eigenvalue weighted by molar-refractivity contribution is -0.152. The molecule has 0 aromatic heterocycles. The molecule has 2 aromatic rings. The lowest BCUT2D eigenvalue weighted by atomic mass is 9.97. The fourth-order valence-electron chi connectivity index (χ4n) is 5.02. The second kappa shape index (κ2) is 13.1. The molecule has 0 bridgehead atoms. The highest BCUT2D eigenvalue weighted by atomic mass is 32.2. The SMILES string of the molecule is CC(C)CN(C[C@@H](O)[C@H](Cc1ccccc1)NC(=O)OC1COC2OCCCC12)S(=O)(=O)c1ccc(N)cc1. The van der Waals surface area contributed by atoms with Crippen LogP contribution in [-0.4, -0.2) is 74.8 Å². The molecule has 0 spiro atoms. The minimum absolute atomic E-state index is 0.000668. The molecule has 2 aliphatic heterocycles. The zero-order valence-electron chi connectivity index (χ0n) is 22.4. The summed E-state index contributed by atoms with van der Waals surface area (Å²) in [7, 11) is -3.93. The Kier molecular flexibility index (Phi) is 9.84. The molecule has 0 aliphatic carbocycles. The zero-order chi connectivity index (χ0) is 28.0. The topological polar surface area (TPSA) is 140 Å². The number of anilines is 1. The molecule has 11 heteroatoms. The van der Waals surface area contributed by atoms with E-state index in [1.54, 1.807) is 0 Å². The number of amides is 1. The third-order valence-electron chi connectivity index (χ3n) is 7.02. The van der Waals surface area contributed by atoms with Crippen LogP contribution in [0, 0.1) is 11.8 Å². The van der Waals surface area contributed by atoms with E-state index in [9.17, 15) is 18.3 Å². The Morgan fingerprint density at radius 2 is 1.85 bits per heavy atom. The Morgan fingerprint density at radius 3 is 2.54 bits per heavy atom. The van der Waals surface area contributed by atoms with E-state index in [0.717, 1.165) is 18.4 Å². The van der Waals surface area contributed by atoms with E-state index in [-0.39, 0.29) is 49.1 Å². The first-order valence-corrected chi connectivity index (χ1v) is 14.9. The Labute approximate surface area is 230 Å². The summed E-state index contributed by atoms with van der Waals surface area (Å²) in [6, 6.07) is 14.5. The predicted molar refractivity (Wildman–Crippen MR) is 146 cm³/mol. The molecule has 0 saturated carbocycles. The number of nitrogen functional groups attached to an aromatic ring is 1. The summed E-state index contributed by atoms with van der Waals surface area (Å²) in [6.07, 6.45) is -0.734. The van der Waals surface area contributed by atoms with E-state index in [0.29, 0.717) is 12.3 Å². The van der Waals surface area contributed by atoms with Gasteiger partial charge < -0.3 is 30.4 Å². The molecule has 2 aromatic carbocycles. The molecule has 2 fully saturated rings. The number of nitrogens with one attached hydrogen (secondary N) is 1. The molecule has 2 saturated heterocycles. The summed E-state index contributed by atoms with van der Waals surface area (Å²) in [5.41, 5.74) is 7.08. The highest BCUT2D eigenvalue weighted by molar-refractivity contribution is 7.89. The van der Waals surface area contributed by atoms with E-state index in [1.807, 2.05) is 44.2 Å². The second-order valence-corrected chi connectivity index (χ2v) is 12.6. The maximum absolute atomic E-state index is 13.5. The van der Waals surface area contributed by atoms with Gasteiger partial charge in [-0.1, -0.05) is 44.2 Å². The van der Waals surface area contributed by atoms with Gasteiger partial charge in [-0.25, -0.2) is 13.2 Å². The summed E-state index contributed by atoms with van der Waals surface area (Å²) in [5, 5.41) is 14.2. The fourth-order valence-corrected chi connectivity index (χ4v) is 6.64. The molecule has 4 N–H and O–H groups in total. The molecule has 1 amide bonds. The number of alkyl carbamates (subject to hydrolysis) is 1. The molecule has 5 atom stereocenters. The van der Waals surface area contributed by atoms with Crippen molar-refractivity contribution in [3.05, 3.63) is 60.2 Å². The van der Waals surface area contributed by atoms with Gasteiger partial charge in [0.05, 0.1) is 23.6 Å². The fraction of sp³-hybridized carbons (Fsp3) is 0.536. The molecule has 214 valence electrons. The van der Waals surface area contributed by atoms with Gasteiger partial charge in [0.1, 0.15) is 6.10 Å². The van der Waals surface area contributed by atoms with Crippen molar-refractivity contribution in [3.8, 4) is 0 Å². The van der Waals surface area contributed by atoms with E-state index >= 15 is 0 Å². The molecular formula is C28H39N3O7S. The smallest absolute Gasteiger partial charge is 0.407 e. The van der Waals surface area contributed by atoms with Gasteiger partial charge in [-0.15, -0.1) is 0 Å². The minimum atomic E-state index is -3.93. The molecule has 3 unspecified atom stereocenters. The van der Waals surface area contributed by atoms with Crippen LogP contribution in [0.3, 0.4) is 0 Å². The number of ether oxygens (including phenoxy) is 3. The Hall–Kier alpha value is -2.70. The normalized spacial score (nSPS) is 22.8. The standard InChI is InChI=1S/C28H39N3O7S/c1-19(2)16-31(39(34,35)22-12-10-21(29)11-13-22)17-25(32)24(15-20-7-4-3-5-8-20)30-28(33)38-26-18-37-27-23(26)9-6-14-36-27/h3-5,7-8,10-13,19,23-27,32H,6,9,14-18,29H2,1-2H3,(H,30,33)/t23?,24-,25+,26?,27?/m0/s1. The quantitative estimate of drug-likeness (QED) is 0.356. The number of aliphatic hydroxyl groups excluding tert-OH is 1. The average Bonchev–Trinajstić information content (AvgIpc) is 3.31. The van der Waals surface area contributed by atoms with Crippen molar-refractivity contribution in [3.63, 3.8) is 0 Å². The lowest BCUT2D eigenvalue weighted by Crippen LogP contribution is -2.51. The maximum atomic E-state index is 13.5. The monoisotopic (exact) mass is 561 g/mol. The highest BCUT2D eigenvalue weighted by Crippen LogP contribution is 2.32. The van der Waals surface area contributed by atoms with Gasteiger partial charge in [0, 0.05) is 31.3 Å². The molecule has 0 radical (unpaired) electrons. The van der Waals surface area contributed by atoms with Gasteiger partial charge in [0.25, 0.3) is 0 Å². The van der Waals surface area contributed by atoms with Crippen LogP contribution in [0.5, 0.6) is 0 Å². The molecule has 2 heterocycles. The first-order valence-electron chi connectivity index (χ1n) is 13.4. The van der Waals surface area contributed by atoms with Crippen molar-refractivity contribution >= 4 is 21.8 Å². The van der Waals surface area contributed by atoms with Crippen molar-refractivity contribution in [1.29, 1.82) is 0 Å². The summed E-state index contributed by atoms with van der Waals surface area (Å²) >= 11 is 0. The summed E-state index contributed by atoms with van der Waals surface area (Å²) in [4.78, 5) is 13.1. The van der Waals surface area contributed by atoms with Crippen LogP contribution in [0.4, 0.5) is 10.5 Å². The number of carbonyl (C=O) groups is 1. The van der Waals surface area contributed by atoms with Crippen molar-refractivity contribution in [2.24, 2.45) is 11.8 Å². The number of sulfonamides is 1. The number of benzene rings is 2. The van der Waals surface area contributed by atoms with Gasteiger partial charge in [-0.2, -0.15) is 4.31 Å². The second-order valence-electron chi connectivity index (χ2n) is 10.6. The van der Waals surface area contributed by atoms with Crippen molar-refractivity contribution in [2.75, 3.05) is 32.0 Å². The lowest BCUT2D eigenvalue weighted by Gasteiger charge is -2.31. The van der Waals surface area contributed by atoms with Crippen LogP contribution in [0.1, 0.15) is 32.3 Å². The average molecular weight is 562 g/mol. The third kappa shape index (κ3) is 7.70. The summed E-state index contributed by atoms with van der Waals surface area (Å²) < 4.78 is 45.3. The largest absolute Gasteiger partial charge is 0.443 e. The van der Waals surface area contributed by atoms with E-state index < -0.39 is 34.4 Å². The molecule has 10 nitrogen and oxygen atoms in total. The van der Waals surface area contributed by atoms with Gasteiger partial charge in [0.2, 0.25) is 10.0 Å². The zero-order valence-corrected chi connectivity index (χ0v) is 23.3. The first-order chi connectivity index (χ1) is 18.6. The Bertz CT molecular complexity index is 1180. The summed E-state index contributed by atoms with van der Waals surface area (Å²) in [6.45, 7) is 4.65. The highest BCUT2D eigenvalue weighted by Gasteiger charge is 2.42. The van der Waals surface area contributed by atoms with Crippen molar-refractivity contribution < 1.29 is 32.5 Å². The van der Waals surface area contributed by atoms with Gasteiger partial charge in [-0.3, -0.25) is 0 Å². The van der Waals surface area contributed by atoms with Crippen LogP contribution in [0.15, 0.2) is 59.5 Å². The summed E-state index contributed by atoms with van der Waals surface area (Å²) in [5.74, 6) is -0.0344. The van der Waals surface area contributed by atoms with Crippen molar-refractivity contribution in [2.45, 2.75) is 62.5 Å². The van der Waals surface area contributed by atoms with E-state index in [1.165, 1.54) is 28.6 Å². The number of hydrogen-bond donors (Lipinski definition) is 3. The Balaban J connectivity index is 1.50. The number of fused-ring (bicyclic) bond motifs is 1. The van der Waals surface area contributed by atoms with Crippen LogP contribution in [0.2, 0.25) is 0 Å². The third-order valence-corrected chi connectivity index (χ3v) is 8.86. The van der Waals surface area contributed by atoms with Crippen LogP contribution < -0.4 is 11.1 Å². The number of hydrogen-bond acceptors (Lipinski definition) is 8. The number of nitrogens with two attached hydrogens (primary N) is 1. The first kappa shape index (κ1) is 29.3.